The summed E-state index contributed by atoms with van der Waals surface area (Å²) in [6.45, 7) is 6.35. The van der Waals surface area contributed by atoms with Crippen LogP contribution in [0, 0.1) is 20.8 Å². The molecule has 0 N–H and O–H groups in total. The molecule has 2 aromatic heterocycles. The third kappa shape index (κ3) is 2.92. The maximum atomic E-state index is 5.50. The highest BCUT2D eigenvalue weighted by Crippen LogP contribution is 2.35. The first-order valence-corrected chi connectivity index (χ1v) is 10.1. The van der Waals surface area contributed by atoms with Crippen molar-refractivity contribution in [2.24, 2.45) is 0 Å². The second-order valence-corrected chi connectivity index (χ2v) is 7.80. The van der Waals surface area contributed by atoms with Gasteiger partial charge in [0.05, 0.1) is 23.8 Å². The van der Waals surface area contributed by atoms with E-state index in [-0.39, 0.29) is 0 Å². The number of benzene rings is 3. The molecule has 2 heterocycles. The van der Waals surface area contributed by atoms with Crippen LogP contribution in [0.25, 0.3) is 38.8 Å². The van der Waals surface area contributed by atoms with Crippen molar-refractivity contribution in [2.75, 3.05) is 7.11 Å². The zero-order chi connectivity index (χ0) is 20.8. The molecule has 4 heteroatoms. The molecule has 148 valence electrons. The lowest BCUT2D eigenvalue weighted by atomic mass is 10.1. The Morgan fingerprint density at radius 3 is 2.33 bits per heavy atom. The van der Waals surface area contributed by atoms with Crippen LogP contribution in [0.15, 0.2) is 66.9 Å². The predicted octanol–water partition coefficient (Wildman–Crippen LogP) is 6.17. The van der Waals surface area contributed by atoms with Gasteiger partial charge in [0.1, 0.15) is 11.4 Å². The van der Waals surface area contributed by atoms with Gasteiger partial charge in [0.25, 0.3) is 0 Å². The molecule has 0 fully saturated rings. The van der Waals surface area contributed by atoms with E-state index >= 15 is 0 Å². The molecule has 4 nitrogen and oxygen atoms in total. The molecule has 0 saturated carbocycles. The van der Waals surface area contributed by atoms with E-state index in [1.54, 1.807) is 7.11 Å². The third-order valence-corrected chi connectivity index (χ3v) is 5.77. The molecular weight excluding hydrogens is 370 g/mol. The highest BCUT2D eigenvalue weighted by Gasteiger charge is 2.18. The van der Waals surface area contributed by atoms with Gasteiger partial charge in [-0.15, -0.1) is 0 Å². The van der Waals surface area contributed by atoms with Crippen LogP contribution in [0.2, 0.25) is 0 Å². The highest BCUT2D eigenvalue weighted by molar-refractivity contribution is 6.09. The first-order chi connectivity index (χ1) is 14.5. The molecule has 5 rings (SSSR count). The van der Waals surface area contributed by atoms with Gasteiger partial charge in [-0.2, -0.15) is 5.10 Å². The molecule has 0 bridgehead atoms. The van der Waals surface area contributed by atoms with E-state index in [0.29, 0.717) is 0 Å². The molecule has 0 saturated heterocycles. The average molecular weight is 393 g/mol. The van der Waals surface area contributed by atoms with E-state index in [0.717, 1.165) is 44.5 Å². The fourth-order valence-electron chi connectivity index (χ4n) is 3.86. The van der Waals surface area contributed by atoms with Crippen molar-refractivity contribution in [3.8, 4) is 22.7 Å². The summed E-state index contributed by atoms with van der Waals surface area (Å²) >= 11 is 0. The lowest BCUT2D eigenvalue weighted by Gasteiger charge is -2.09. The number of aryl methyl sites for hydroxylation is 3. The fraction of sp³-hybridized carbons (Fsp3) is 0.154. The van der Waals surface area contributed by atoms with Crippen molar-refractivity contribution < 1.29 is 4.74 Å². The molecule has 0 spiro atoms. The van der Waals surface area contributed by atoms with Crippen LogP contribution in [0.4, 0.5) is 0 Å². The van der Waals surface area contributed by atoms with Gasteiger partial charge in [-0.05, 0) is 62.2 Å². The van der Waals surface area contributed by atoms with Crippen LogP contribution in [-0.4, -0.2) is 21.9 Å². The summed E-state index contributed by atoms with van der Waals surface area (Å²) < 4.78 is 7.54. The molecule has 3 aromatic carbocycles. The summed E-state index contributed by atoms with van der Waals surface area (Å²) in [5, 5.41) is 7.12. The molecule has 5 aromatic rings. The topological polar surface area (TPSA) is 39.9 Å². The van der Waals surface area contributed by atoms with Crippen molar-refractivity contribution in [1.82, 2.24) is 14.8 Å². The van der Waals surface area contributed by atoms with Gasteiger partial charge in [0, 0.05) is 22.5 Å². The summed E-state index contributed by atoms with van der Waals surface area (Å²) in [5.41, 5.74) is 8.74. The number of hydrogen-bond donors (Lipinski definition) is 0. The Morgan fingerprint density at radius 2 is 1.60 bits per heavy atom. The quantitative estimate of drug-likeness (QED) is 0.368. The third-order valence-electron chi connectivity index (χ3n) is 5.77. The van der Waals surface area contributed by atoms with Gasteiger partial charge in [-0.25, -0.2) is 4.68 Å². The Kier molecular flexibility index (Phi) is 4.28. The van der Waals surface area contributed by atoms with Crippen molar-refractivity contribution >= 4 is 21.8 Å². The average Bonchev–Trinajstić information content (AvgIpc) is 3.16. The van der Waals surface area contributed by atoms with Gasteiger partial charge in [0.2, 0.25) is 0 Å². The lowest BCUT2D eigenvalue weighted by molar-refractivity contribution is 0.415. The lowest BCUT2D eigenvalue weighted by Crippen LogP contribution is -1.99. The molecule has 0 aliphatic heterocycles. The second-order valence-electron chi connectivity index (χ2n) is 7.80. The van der Waals surface area contributed by atoms with Crippen LogP contribution in [0.5, 0.6) is 5.75 Å². The van der Waals surface area contributed by atoms with Crippen molar-refractivity contribution in [3.63, 3.8) is 0 Å². The van der Waals surface area contributed by atoms with Gasteiger partial charge < -0.3 is 4.74 Å². The smallest absolute Gasteiger partial charge is 0.119 e. The van der Waals surface area contributed by atoms with Crippen LogP contribution >= 0.6 is 0 Å². The van der Waals surface area contributed by atoms with Crippen LogP contribution in [-0.2, 0) is 0 Å². The normalized spacial score (nSPS) is 11.3. The number of nitrogens with zero attached hydrogens (tertiary/aromatic N) is 3. The first-order valence-electron chi connectivity index (χ1n) is 10.1. The van der Waals surface area contributed by atoms with Crippen LogP contribution in [0.3, 0.4) is 0 Å². The molecule has 0 unspecified atom stereocenters. The molecule has 0 aliphatic carbocycles. The summed E-state index contributed by atoms with van der Waals surface area (Å²) in [5.74, 6) is 0.807. The van der Waals surface area contributed by atoms with Crippen LogP contribution in [0.1, 0.15) is 16.7 Å². The monoisotopic (exact) mass is 393 g/mol. The number of hydrogen-bond acceptors (Lipinski definition) is 3. The van der Waals surface area contributed by atoms with E-state index in [2.05, 4.69) is 63.2 Å². The Bertz CT molecular complexity index is 1400. The van der Waals surface area contributed by atoms with Gasteiger partial charge in [0.15, 0.2) is 0 Å². The highest BCUT2D eigenvalue weighted by atomic mass is 16.5. The minimum atomic E-state index is 0.807. The Hall–Kier alpha value is -3.66. The number of rotatable bonds is 3. The minimum Gasteiger partial charge on any atom is -0.497 e. The van der Waals surface area contributed by atoms with E-state index in [4.69, 9.17) is 14.8 Å². The Balaban J connectivity index is 1.89. The molecule has 0 amide bonds. The van der Waals surface area contributed by atoms with Gasteiger partial charge in [-0.1, -0.05) is 35.9 Å². The molecule has 30 heavy (non-hydrogen) atoms. The largest absolute Gasteiger partial charge is 0.497 e. The molecule has 0 atom stereocenters. The zero-order valence-corrected chi connectivity index (χ0v) is 17.6. The predicted molar refractivity (Wildman–Crippen MR) is 123 cm³/mol. The van der Waals surface area contributed by atoms with E-state index < -0.39 is 0 Å². The number of pyridine rings is 1. The van der Waals surface area contributed by atoms with Gasteiger partial charge in [-0.3, -0.25) is 4.98 Å². The second kappa shape index (κ2) is 6.99. The zero-order valence-electron chi connectivity index (χ0n) is 17.6. The number of aromatic nitrogens is 3. The SMILES string of the molecule is COc1ccc2ncc3c(-c4ccc(C)cc4)nn(-c4ccc(C)c(C)c4)c3c2c1. The Labute approximate surface area is 175 Å². The maximum absolute atomic E-state index is 5.50. The number of methoxy groups -OCH3 is 1. The van der Waals surface area contributed by atoms with Crippen molar-refractivity contribution in [2.45, 2.75) is 20.8 Å². The standard InChI is InChI=1S/C26H23N3O/c1-16-5-8-19(9-6-16)25-23-15-27-24-12-11-21(30-4)14-22(24)26(23)29(28-25)20-10-7-17(2)18(3)13-20/h5-15H,1-4H3. The van der Waals surface area contributed by atoms with E-state index in [1.165, 1.54) is 16.7 Å². The van der Waals surface area contributed by atoms with Crippen LogP contribution < -0.4 is 4.74 Å². The van der Waals surface area contributed by atoms with E-state index in [9.17, 15) is 0 Å². The molecular formula is C26H23N3O. The summed E-state index contributed by atoms with van der Waals surface area (Å²) in [7, 11) is 1.69. The minimum absolute atomic E-state index is 0.807. The fourth-order valence-corrected chi connectivity index (χ4v) is 3.86. The Morgan fingerprint density at radius 1 is 0.800 bits per heavy atom. The summed E-state index contributed by atoms with van der Waals surface area (Å²) in [4.78, 5) is 4.72. The summed E-state index contributed by atoms with van der Waals surface area (Å²) in [6, 6.07) is 20.9. The first kappa shape index (κ1) is 18.4. The van der Waals surface area contributed by atoms with Crippen molar-refractivity contribution in [1.29, 1.82) is 0 Å². The van der Waals surface area contributed by atoms with Gasteiger partial charge >= 0.3 is 0 Å². The summed E-state index contributed by atoms with van der Waals surface area (Å²) in [6.07, 6.45) is 1.93. The number of fused-ring (bicyclic) bond motifs is 3. The molecule has 0 radical (unpaired) electrons. The number of ether oxygens (including phenoxy) is 1. The van der Waals surface area contributed by atoms with Crippen molar-refractivity contribution in [3.05, 3.63) is 83.6 Å². The van der Waals surface area contributed by atoms with E-state index in [1.807, 2.05) is 29.1 Å². The maximum Gasteiger partial charge on any atom is 0.119 e. The molecule has 0 aliphatic rings.